The molecule has 3 N–H and O–H groups in total. The van der Waals surface area contributed by atoms with E-state index in [-0.39, 0.29) is 18.8 Å². The van der Waals surface area contributed by atoms with E-state index in [0.717, 1.165) is 12.2 Å². The number of rotatable bonds is 2. The molecule has 2 rings (SSSR count). The van der Waals surface area contributed by atoms with Crippen LogP contribution < -0.4 is 10.6 Å². The molecule has 0 amide bonds. The Morgan fingerprint density at radius 2 is 2.29 bits per heavy atom. The third kappa shape index (κ3) is 2.65. The first-order valence-corrected chi connectivity index (χ1v) is 6.05. The van der Waals surface area contributed by atoms with Crippen LogP contribution in [0.25, 0.3) is 0 Å². The molecule has 2 atom stereocenters. The van der Waals surface area contributed by atoms with Crippen molar-refractivity contribution in [2.45, 2.75) is 19.1 Å². The van der Waals surface area contributed by atoms with Crippen LogP contribution in [0.1, 0.15) is 6.92 Å². The standard InChI is InChI=1S/C12H17ClN2O2/c1-8-5-15(6-9(7-16)17-8)12-10(13)3-2-4-11(12)14/h2-4,8-9,16H,5-7,14H2,1H3. The van der Waals surface area contributed by atoms with E-state index in [4.69, 9.17) is 22.1 Å². The van der Waals surface area contributed by atoms with E-state index in [1.807, 2.05) is 25.1 Å². The molecule has 2 unspecified atom stereocenters. The first-order valence-electron chi connectivity index (χ1n) is 5.67. The van der Waals surface area contributed by atoms with Gasteiger partial charge in [0.2, 0.25) is 0 Å². The van der Waals surface area contributed by atoms with Gasteiger partial charge in [-0.15, -0.1) is 0 Å². The molecule has 0 saturated carbocycles. The SMILES string of the molecule is CC1CN(c2c(N)cccc2Cl)CC(CO)O1. The second-order valence-corrected chi connectivity index (χ2v) is 4.74. The van der Waals surface area contributed by atoms with Crippen molar-refractivity contribution in [1.82, 2.24) is 0 Å². The van der Waals surface area contributed by atoms with Crippen LogP contribution in [0, 0.1) is 0 Å². The summed E-state index contributed by atoms with van der Waals surface area (Å²) in [4.78, 5) is 2.08. The Morgan fingerprint density at radius 1 is 1.53 bits per heavy atom. The highest BCUT2D eigenvalue weighted by Crippen LogP contribution is 2.33. The molecular formula is C12H17ClN2O2. The Hall–Kier alpha value is -0.970. The maximum Gasteiger partial charge on any atom is 0.0984 e. The van der Waals surface area contributed by atoms with Crippen LogP contribution in [-0.2, 0) is 4.74 Å². The lowest BCUT2D eigenvalue weighted by molar-refractivity contribution is -0.0420. The van der Waals surface area contributed by atoms with Crippen LogP contribution in [0.3, 0.4) is 0 Å². The summed E-state index contributed by atoms with van der Waals surface area (Å²) < 4.78 is 5.59. The lowest BCUT2D eigenvalue weighted by atomic mass is 10.1. The Kier molecular flexibility index (Phi) is 3.76. The van der Waals surface area contributed by atoms with E-state index in [2.05, 4.69) is 4.90 Å². The van der Waals surface area contributed by atoms with Crippen molar-refractivity contribution >= 4 is 23.0 Å². The molecular weight excluding hydrogens is 240 g/mol. The zero-order chi connectivity index (χ0) is 12.4. The highest BCUT2D eigenvalue weighted by Gasteiger charge is 2.26. The number of benzene rings is 1. The summed E-state index contributed by atoms with van der Waals surface area (Å²) >= 11 is 6.18. The smallest absolute Gasteiger partial charge is 0.0984 e. The fourth-order valence-electron chi connectivity index (χ4n) is 2.19. The molecule has 1 aliphatic heterocycles. The molecule has 5 heteroatoms. The molecule has 1 aromatic rings. The summed E-state index contributed by atoms with van der Waals surface area (Å²) in [6.07, 6.45) is -0.133. The van der Waals surface area contributed by atoms with Crippen molar-refractivity contribution in [2.75, 3.05) is 30.3 Å². The molecule has 4 nitrogen and oxygen atoms in total. The number of nitrogens with zero attached hydrogens (tertiary/aromatic N) is 1. The first-order chi connectivity index (χ1) is 8.11. The minimum absolute atomic E-state index is 0.00516. The molecule has 1 aromatic carbocycles. The van der Waals surface area contributed by atoms with E-state index in [1.165, 1.54) is 0 Å². The number of nitrogens with two attached hydrogens (primary N) is 1. The molecule has 17 heavy (non-hydrogen) atoms. The normalized spacial score (nSPS) is 25.0. The molecule has 0 spiro atoms. The topological polar surface area (TPSA) is 58.7 Å². The van der Waals surface area contributed by atoms with Gasteiger partial charge in [0.15, 0.2) is 0 Å². The van der Waals surface area contributed by atoms with Crippen LogP contribution in [0.15, 0.2) is 18.2 Å². The lowest BCUT2D eigenvalue weighted by Crippen LogP contribution is -2.48. The fraction of sp³-hybridized carbons (Fsp3) is 0.500. The van der Waals surface area contributed by atoms with E-state index in [1.54, 1.807) is 0 Å². The zero-order valence-electron chi connectivity index (χ0n) is 9.77. The van der Waals surface area contributed by atoms with Crippen LogP contribution >= 0.6 is 11.6 Å². The van der Waals surface area contributed by atoms with E-state index in [9.17, 15) is 5.11 Å². The van der Waals surface area contributed by atoms with Crippen molar-refractivity contribution in [3.05, 3.63) is 23.2 Å². The summed E-state index contributed by atoms with van der Waals surface area (Å²) in [5.41, 5.74) is 7.45. The Labute approximate surface area is 106 Å². The molecule has 94 valence electrons. The maximum absolute atomic E-state index is 9.20. The first kappa shape index (κ1) is 12.5. The maximum atomic E-state index is 9.20. The molecule has 0 bridgehead atoms. The monoisotopic (exact) mass is 256 g/mol. The van der Waals surface area contributed by atoms with Gasteiger partial charge in [0.25, 0.3) is 0 Å². The fourth-order valence-corrected chi connectivity index (χ4v) is 2.50. The van der Waals surface area contributed by atoms with Crippen LogP contribution in [0.2, 0.25) is 5.02 Å². The van der Waals surface area contributed by atoms with Crippen molar-refractivity contribution in [1.29, 1.82) is 0 Å². The van der Waals surface area contributed by atoms with Crippen molar-refractivity contribution in [2.24, 2.45) is 0 Å². The van der Waals surface area contributed by atoms with Crippen LogP contribution in [0.5, 0.6) is 0 Å². The number of hydrogen-bond donors (Lipinski definition) is 2. The molecule has 1 saturated heterocycles. The van der Waals surface area contributed by atoms with Gasteiger partial charge in [0.05, 0.1) is 35.2 Å². The number of morpholine rings is 1. The van der Waals surface area contributed by atoms with Gasteiger partial charge in [0.1, 0.15) is 0 Å². The quantitative estimate of drug-likeness (QED) is 0.788. The predicted molar refractivity (Wildman–Crippen MR) is 69.5 cm³/mol. The highest BCUT2D eigenvalue weighted by atomic mass is 35.5. The number of aliphatic hydroxyl groups is 1. The second kappa shape index (κ2) is 5.12. The molecule has 1 aliphatic rings. The summed E-state index contributed by atoms with van der Waals surface area (Å²) in [5.74, 6) is 0. The highest BCUT2D eigenvalue weighted by molar-refractivity contribution is 6.34. The summed E-state index contributed by atoms with van der Waals surface area (Å²) in [6.45, 7) is 3.31. The minimum Gasteiger partial charge on any atom is -0.397 e. The van der Waals surface area contributed by atoms with Gasteiger partial charge in [-0.25, -0.2) is 0 Å². The average Bonchev–Trinajstić information content (AvgIpc) is 2.28. The van der Waals surface area contributed by atoms with Crippen LogP contribution in [0.4, 0.5) is 11.4 Å². The van der Waals surface area contributed by atoms with Gasteiger partial charge >= 0.3 is 0 Å². The number of ether oxygens (including phenoxy) is 1. The average molecular weight is 257 g/mol. The number of halogens is 1. The third-order valence-corrected chi connectivity index (χ3v) is 3.17. The number of hydrogen-bond acceptors (Lipinski definition) is 4. The van der Waals surface area contributed by atoms with E-state index in [0.29, 0.717) is 17.3 Å². The zero-order valence-corrected chi connectivity index (χ0v) is 10.5. The van der Waals surface area contributed by atoms with Gasteiger partial charge in [-0.3, -0.25) is 0 Å². The molecule has 0 aliphatic carbocycles. The number of anilines is 2. The number of nitrogen functional groups attached to an aromatic ring is 1. The summed E-state index contributed by atoms with van der Waals surface area (Å²) in [6, 6.07) is 5.48. The van der Waals surface area contributed by atoms with Gasteiger partial charge in [-0.05, 0) is 19.1 Å². The molecule has 1 fully saturated rings. The number of para-hydroxylation sites is 1. The van der Waals surface area contributed by atoms with Gasteiger partial charge < -0.3 is 20.5 Å². The number of aliphatic hydroxyl groups excluding tert-OH is 1. The van der Waals surface area contributed by atoms with Gasteiger partial charge in [-0.1, -0.05) is 17.7 Å². The Morgan fingerprint density at radius 3 is 2.94 bits per heavy atom. The van der Waals surface area contributed by atoms with Crippen LogP contribution in [-0.4, -0.2) is 37.0 Å². The Balaban J connectivity index is 2.26. The van der Waals surface area contributed by atoms with Crippen molar-refractivity contribution < 1.29 is 9.84 Å². The van der Waals surface area contributed by atoms with Gasteiger partial charge in [-0.2, -0.15) is 0 Å². The minimum atomic E-state index is -0.186. The van der Waals surface area contributed by atoms with Crippen molar-refractivity contribution in [3.8, 4) is 0 Å². The van der Waals surface area contributed by atoms with E-state index < -0.39 is 0 Å². The largest absolute Gasteiger partial charge is 0.397 e. The predicted octanol–water partition coefficient (Wildman–Crippen LogP) is 1.51. The molecule has 1 heterocycles. The lowest BCUT2D eigenvalue weighted by Gasteiger charge is -2.38. The third-order valence-electron chi connectivity index (χ3n) is 2.86. The van der Waals surface area contributed by atoms with Crippen molar-refractivity contribution in [3.63, 3.8) is 0 Å². The summed E-state index contributed by atoms with van der Waals surface area (Å²) in [7, 11) is 0. The van der Waals surface area contributed by atoms with Gasteiger partial charge in [0, 0.05) is 13.1 Å². The Bertz CT molecular complexity index is 380. The summed E-state index contributed by atoms with van der Waals surface area (Å²) in [5, 5.41) is 9.83. The van der Waals surface area contributed by atoms with E-state index >= 15 is 0 Å². The molecule has 0 radical (unpaired) electrons. The molecule has 0 aromatic heterocycles. The second-order valence-electron chi connectivity index (χ2n) is 4.33.